The zero-order valence-corrected chi connectivity index (χ0v) is 22.5. The van der Waals surface area contributed by atoms with Gasteiger partial charge in [0.05, 0.1) is 6.61 Å². The molecule has 2 aromatic heterocycles. The monoisotopic (exact) mass is 558 g/mol. The van der Waals surface area contributed by atoms with Gasteiger partial charge in [0, 0.05) is 24.5 Å². The van der Waals surface area contributed by atoms with Gasteiger partial charge in [0.2, 0.25) is 5.89 Å². The molecule has 0 bridgehead atoms. The summed E-state index contributed by atoms with van der Waals surface area (Å²) in [7, 11) is 0. The number of pyridine rings is 1. The zero-order chi connectivity index (χ0) is 28.9. The number of hydrogen-bond donors (Lipinski definition) is 2. The smallest absolute Gasteiger partial charge is 0.405 e. The Bertz CT molecular complexity index is 1320. The molecule has 0 aliphatic heterocycles. The normalized spacial score (nSPS) is 14.1. The first-order chi connectivity index (χ1) is 19.0. The van der Waals surface area contributed by atoms with Crippen LogP contribution in [0.25, 0.3) is 11.5 Å². The largest absolute Gasteiger partial charge is 0.489 e. The number of primary amides is 1. The van der Waals surface area contributed by atoms with Crippen LogP contribution in [0.15, 0.2) is 47.1 Å². The number of rotatable bonds is 12. The average Bonchev–Trinajstić information content (AvgIpc) is 3.61. The van der Waals surface area contributed by atoms with Crippen molar-refractivity contribution in [3.8, 4) is 23.0 Å². The third-order valence-corrected chi connectivity index (χ3v) is 6.00. The van der Waals surface area contributed by atoms with Crippen LogP contribution in [0.4, 0.5) is 13.6 Å². The number of nitrogens with one attached hydrogen (secondary N) is 1. The van der Waals surface area contributed by atoms with E-state index in [0.717, 1.165) is 18.4 Å². The van der Waals surface area contributed by atoms with E-state index in [4.69, 9.17) is 19.6 Å². The molecule has 1 atom stereocenters. The molecule has 1 aromatic carbocycles. The molecular weight excluding hydrogens is 526 g/mol. The van der Waals surface area contributed by atoms with Gasteiger partial charge in [0.15, 0.2) is 29.1 Å². The molecule has 214 valence electrons. The molecule has 3 N–H and O–H groups in total. The lowest BCUT2D eigenvalue weighted by molar-refractivity contribution is -0.0515. The zero-order valence-electron chi connectivity index (χ0n) is 22.5. The number of aromatic nitrogens is 2. The van der Waals surface area contributed by atoms with Crippen LogP contribution < -0.4 is 20.5 Å². The van der Waals surface area contributed by atoms with Gasteiger partial charge < -0.3 is 29.7 Å². The molecule has 1 saturated carbocycles. The molecule has 2 amide bonds. The van der Waals surface area contributed by atoms with Crippen LogP contribution in [-0.2, 0) is 11.3 Å². The molecule has 4 rings (SSSR count). The van der Waals surface area contributed by atoms with Gasteiger partial charge in [-0.2, -0.15) is 8.78 Å². The summed E-state index contributed by atoms with van der Waals surface area (Å²) in [5.41, 5.74) is 6.04. The molecular formula is C28H32F2N4O6. The second kappa shape index (κ2) is 12.3. The summed E-state index contributed by atoms with van der Waals surface area (Å²) < 4.78 is 47.8. The predicted molar refractivity (Wildman–Crippen MR) is 140 cm³/mol. The van der Waals surface area contributed by atoms with Crippen molar-refractivity contribution in [2.24, 2.45) is 17.1 Å². The standard InChI is InChI=1S/C28H32F2N4O6/c1-28(2,3)13-21(39-27(31)36)23-22(24(35)33-14-16-8-10-32-11-9-16)34-25(40-23)18-6-7-19(38-26(29)30)20(12-18)37-15-17-4-5-17/h6-12,17,21,26H,4-5,13-15H2,1-3H3,(H2,31,36)(H,33,35)/t21-/m0/s1. The molecule has 0 unspecified atom stereocenters. The van der Waals surface area contributed by atoms with E-state index in [-0.39, 0.29) is 47.2 Å². The summed E-state index contributed by atoms with van der Waals surface area (Å²) in [6, 6.07) is 7.75. The van der Waals surface area contributed by atoms with E-state index < -0.39 is 24.7 Å². The number of halogens is 2. The Balaban J connectivity index is 1.71. The fourth-order valence-electron chi connectivity index (χ4n) is 3.93. The summed E-state index contributed by atoms with van der Waals surface area (Å²) in [5, 5.41) is 2.78. The topological polar surface area (TPSA) is 139 Å². The number of amides is 2. The Kier molecular flexibility index (Phi) is 8.86. The van der Waals surface area contributed by atoms with Gasteiger partial charge >= 0.3 is 12.7 Å². The minimum absolute atomic E-state index is 0.00379. The molecule has 1 aliphatic carbocycles. The number of ether oxygens (including phenoxy) is 3. The average molecular weight is 559 g/mol. The summed E-state index contributed by atoms with van der Waals surface area (Å²) in [6.45, 7) is 3.27. The first kappa shape index (κ1) is 28.8. The second-order valence-electron chi connectivity index (χ2n) is 10.8. The van der Waals surface area contributed by atoms with Gasteiger partial charge in [0.1, 0.15) is 0 Å². The lowest BCUT2D eigenvalue weighted by atomic mass is 9.88. The van der Waals surface area contributed by atoms with Crippen LogP contribution in [-0.4, -0.2) is 35.2 Å². The summed E-state index contributed by atoms with van der Waals surface area (Å²) in [4.78, 5) is 33.5. The van der Waals surface area contributed by atoms with E-state index in [0.29, 0.717) is 18.1 Å². The van der Waals surface area contributed by atoms with Crippen molar-refractivity contribution in [3.05, 3.63) is 59.7 Å². The van der Waals surface area contributed by atoms with Crippen LogP contribution in [0.1, 0.15) is 67.9 Å². The number of hydrogen-bond acceptors (Lipinski definition) is 8. The highest BCUT2D eigenvalue weighted by Crippen LogP contribution is 2.39. The third-order valence-electron chi connectivity index (χ3n) is 6.00. The predicted octanol–water partition coefficient (Wildman–Crippen LogP) is 5.63. The van der Waals surface area contributed by atoms with Crippen molar-refractivity contribution in [1.29, 1.82) is 0 Å². The van der Waals surface area contributed by atoms with Crippen LogP contribution >= 0.6 is 0 Å². The van der Waals surface area contributed by atoms with Gasteiger partial charge in [-0.15, -0.1) is 0 Å². The van der Waals surface area contributed by atoms with Crippen molar-refractivity contribution in [2.45, 2.75) is 59.3 Å². The van der Waals surface area contributed by atoms with E-state index in [1.54, 1.807) is 24.5 Å². The van der Waals surface area contributed by atoms with Gasteiger partial charge in [0.25, 0.3) is 5.91 Å². The lowest BCUT2D eigenvalue weighted by Crippen LogP contribution is -2.27. The quantitative estimate of drug-likeness (QED) is 0.292. The number of nitrogens with two attached hydrogens (primary N) is 1. The number of carbonyl (C=O) groups is 2. The highest BCUT2D eigenvalue weighted by atomic mass is 19.3. The highest BCUT2D eigenvalue weighted by Gasteiger charge is 2.33. The van der Waals surface area contributed by atoms with Crippen LogP contribution in [0.5, 0.6) is 11.5 Å². The fourth-order valence-corrected chi connectivity index (χ4v) is 3.93. The number of carbonyl (C=O) groups excluding carboxylic acids is 2. The first-order valence-corrected chi connectivity index (χ1v) is 12.8. The van der Waals surface area contributed by atoms with E-state index in [1.165, 1.54) is 18.2 Å². The maximum atomic E-state index is 13.3. The molecule has 0 saturated heterocycles. The van der Waals surface area contributed by atoms with Gasteiger partial charge in [-0.3, -0.25) is 9.78 Å². The van der Waals surface area contributed by atoms with Crippen molar-refractivity contribution < 1.29 is 37.0 Å². The van der Waals surface area contributed by atoms with Crippen LogP contribution in [0, 0.1) is 11.3 Å². The molecule has 10 nitrogen and oxygen atoms in total. The second-order valence-corrected chi connectivity index (χ2v) is 10.8. The molecule has 40 heavy (non-hydrogen) atoms. The Morgan fingerprint density at radius 2 is 1.88 bits per heavy atom. The Labute approximate surface area is 230 Å². The number of oxazole rings is 1. The van der Waals surface area contributed by atoms with Crippen molar-refractivity contribution >= 4 is 12.0 Å². The molecule has 0 spiro atoms. The fraction of sp³-hybridized carbons (Fsp3) is 0.429. The van der Waals surface area contributed by atoms with Gasteiger partial charge in [-0.05, 0) is 66.5 Å². The Hall–Kier alpha value is -4.22. The number of nitrogens with zero attached hydrogens (tertiary/aromatic N) is 2. The highest BCUT2D eigenvalue weighted by molar-refractivity contribution is 5.94. The van der Waals surface area contributed by atoms with Crippen molar-refractivity contribution in [1.82, 2.24) is 15.3 Å². The SMILES string of the molecule is CC(C)(C)C[C@H](OC(N)=O)c1oc(-c2ccc(OC(F)F)c(OCC3CC3)c2)nc1C(=O)NCc1ccncc1. The molecule has 2 heterocycles. The molecule has 0 radical (unpaired) electrons. The molecule has 3 aromatic rings. The Morgan fingerprint density at radius 3 is 2.50 bits per heavy atom. The van der Waals surface area contributed by atoms with E-state index >= 15 is 0 Å². The third kappa shape index (κ3) is 8.14. The molecule has 12 heteroatoms. The minimum Gasteiger partial charge on any atom is -0.489 e. The summed E-state index contributed by atoms with van der Waals surface area (Å²) in [6.07, 6.45) is 3.41. The van der Waals surface area contributed by atoms with Gasteiger partial charge in [-0.1, -0.05) is 20.8 Å². The maximum absolute atomic E-state index is 13.3. The lowest BCUT2D eigenvalue weighted by Gasteiger charge is -2.24. The summed E-state index contributed by atoms with van der Waals surface area (Å²) in [5.74, 6) is -0.259. The number of benzene rings is 1. The maximum Gasteiger partial charge on any atom is 0.405 e. The van der Waals surface area contributed by atoms with E-state index in [2.05, 4.69) is 20.0 Å². The molecule has 1 aliphatic rings. The van der Waals surface area contributed by atoms with Crippen molar-refractivity contribution in [3.63, 3.8) is 0 Å². The van der Waals surface area contributed by atoms with Crippen LogP contribution in [0.2, 0.25) is 0 Å². The first-order valence-electron chi connectivity index (χ1n) is 12.8. The molecule has 1 fully saturated rings. The van der Waals surface area contributed by atoms with Gasteiger partial charge in [-0.25, -0.2) is 9.78 Å². The minimum atomic E-state index is -3.04. The van der Waals surface area contributed by atoms with E-state index in [1.807, 2.05) is 20.8 Å². The Morgan fingerprint density at radius 1 is 1.15 bits per heavy atom. The van der Waals surface area contributed by atoms with Crippen LogP contribution in [0.3, 0.4) is 0 Å². The number of alkyl halides is 2. The van der Waals surface area contributed by atoms with E-state index in [9.17, 15) is 18.4 Å². The summed E-state index contributed by atoms with van der Waals surface area (Å²) >= 11 is 0. The van der Waals surface area contributed by atoms with Crippen molar-refractivity contribution in [2.75, 3.05) is 6.61 Å².